The second-order valence-electron chi connectivity index (χ2n) is 3.28. The number of benzene rings is 1. The van der Waals surface area contributed by atoms with Crippen molar-refractivity contribution < 1.29 is 9.53 Å². The average molecular weight is 213 g/mol. The minimum Gasteiger partial charge on any atom is -0.481 e. The summed E-state index contributed by atoms with van der Waals surface area (Å²) in [4.78, 5) is 16.0. The Morgan fingerprint density at radius 2 is 1.81 bits per heavy atom. The van der Waals surface area contributed by atoms with Crippen LogP contribution in [0.4, 0.5) is 0 Å². The van der Waals surface area contributed by atoms with Crippen LogP contribution in [0, 0.1) is 0 Å². The highest BCUT2D eigenvalue weighted by molar-refractivity contribution is 6.08. The lowest BCUT2D eigenvalue weighted by atomic mass is 10.1. The van der Waals surface area contributed by atoms with Gasteiger partial charge in [-0.05, 0) is 6.07 Å². The quantitative estimate of drug-likeness (QED) is 0.734. The summed E-state index contributed by atoms with van der Waals surface area (Å²) >= 11 is 0. The number of hydrogen-bond donors (Lipinski definition) is 0. The predicted octanol–water partition coefficient (Wildman–Crippen LogP) is 2.32. The van der Waals surface area contributed by atoms with Crippen LogP contribution in [-0.4, -0.2) is 17.9 Å². The minimum absolute atomic E-state index is 0.0317. The first kappa shape index (κ1) is 10.4. The van der Waals surface area contributed by atoms with Crippen LogP contribution in [0.25, 0.3) is 0 Å². The summed E-state index contributed by atoms with van der Waals surface area (Å²) in [7, 11) is 1.54. The fourth-order valence-electron chi connectivity index (χ4n) is 1.39. The Morgan fingerprint density at radius 3 is 2.38 bits per heavy atom. The second kappa shape index (κ2) is 4.57. The molecular formula is C13H11NO2. The maximum atomic E-state index is 12.0. The first-order valence-corrected chi connectivity index (χ1v) is 4.91. The van der Waals surface area contributed by atoms with E-state index in [9.17, 15) is 4.79 Å². The van der Waals surface area contributed by atoms with Crippen LogP contribution in [-0.2, 0) is 0 Å². The maximum absolute atomic E-state index is 12.0. The Balaban J connectivity index is 2.28. The van der Waals surface area contributed by atoms with Gasteiger partial charge in [0.25, 0.3) is 0 Å². The molecule has 0 aliphatic rings. The topological polar surface area (TPSA) is 39.2 Å². The van der Waals surface area contributed by atoms with Crippen LogP contribution in [0.15, 0.2) is 48.7 Å². The number of ketones is 1. The van der Waals surface area contributed by atoms with Crippen molar-refractivity contribution in [1.82, 2.24) is 4.98 Å². The standard InChI is InChI=1S/C13H11NO2/c1-16-12-8-7-11(9-14-12)13(15)10-5-3-2-4-6-10/h2-9H,1H3. The molecular weight excluding hydrogens is 202 g/mol. The van der Waals surface area contributed by atoms with E-state index >= 15 is 0 Å². The van der Waals surface area contributed by atoms with Gasteiger partial charge in [-0.3, -0.25) is 4.79 Å². The van der Waals surface area contributed by atoms with Crippen molar-refractivity contribution in [2.75, 3.05) is 7.11 Å². The molecule has 0 bridgehead atoms. The second-order valence-corrected chi connectivity index (χ2v) is 3.28. The van der Waals surface area contributed by atoms with Gasteiger partial charge in [-0.2, -0.15) is 0 Å². The molecule has 3 heteroatoms. The first-order chi connectivity index (χ1) is 7.81. The Bertz CT molecular complexity index is 477. The van der Waals surface area contributed by atoms with Gasteiger partial charge in [0.05, 0.1) is 7.11 Å². The molecule has 1 aromatic heterocycles. The molecule has 0 spiro atoms. The van der Waals surface area contributed by atoms with Crippen molar-refractivity contribution in [3.8, 4) is 5.88 Å². The SMILES string of the molecule is COc1ccc(C(=O)c2ccccc2)cn1. The summed E-state index contributed by atoms with van der Waals surface area (Å²) < 4.78 is 4.93. The van der Waals surface area contributed by atoms with E-state index in [4.69, 9.17) is 4.74 Å². The van der Waals surface area contributed by atoms with Crippen LogP contribution in [0.2, 0.25) is 0 Å². The molecule has 0 atom stereocenters. The van der Waals surface area contributed by atoms with Crippen molar-refractivity contribution in [2.24, 2.45) is 0 Å². The van der Waals surface area contributed by atoms with E-state index in [-0.39, 0.29) is 5.78 Å². The number of nitrogens with zero attached hydrogens (tertiary/aromatic N) is 1. The first-order valence-electron chi connectivity index (χ1n) is 4.91. The number of aromatic nitrogens is 1. The molecule has 0 N–H and O–H groups in total. The highest BCUT2D eigenvalue weighted by Gasteiger charge is 2.08. The number of rotatable bonds is 3. The van der Waals surface area contributed by atoms with Crippen molar-refractivity contribution in [3.05, 3.63) is 59.8 Å². The lowest BCUT2D eigenvalue weighted by Gasteiger charge is -2.01. The van der Waals surface area contributed by atoms with Crippen molar-refractivity contribution in [1.29, 1.82) is 0 Å². The molecule has 2 aromatic rings. The number of methoxy groups -OCH3 is 1. The molecule has 0 aliphatic heterocycles. The zero-order valence-corrected chi connectivity index (χ0v) is 8.88. The number of carbonyl (C=O) groups excluding carboxylic acids is 1. The molecule has 16 heavy (non-hydrogen) atoms. The maximum Gasteiger partial charge on any atom is 0.212 e. The van der Waals surface area contributed by atoms with Gasteiger partial charge in [0, 0.05) is 23.4 Å². The number of carbonyl (C=O) groups is 1. The summed E-state index contributed by atoms with van der Waals surface area (Å²) in [6.45, 7) is 0. The lowest BCUT2D eigenvalue weighted by Crippen LogP contribution is -2.01. The van der Waals surface area contributed by atoms with Gasteiger partial charge < -0.3 is 4.74 Å². The molecule has 3 nitrogen and oxygen atoms in total. The highest BCUT2D eigenvalue weighted by Crippen LogP contribution is 2.11. The molecule has 0 saturated carbocycles. The van der Waals surface area contributed by atoms with Crippen LogP contribution >= 0.6 is 0 Å². The minimum atomic E-state index is -0.0317. The fraction of sp³-hybridized carbons (Fsp3) is 0.0769. The molecule has 0 unspecified atom stereocenters. The van der Waals surface area contributed by atoms with E-state index in [1.54, 1.807) is 31.4 Å². The van der Waals surface area contributed by atoms with E-state index in [1.165, 1.54) is 6.20 Å². The van der Waals surface area contributed by atoms with Crippen LogP contribution in [0.5, 0.6) is 5.88 Å². The molecule has 0 amide bonds. The normalized spacial score (nSPS) is 9.81. The number of pyridine rings is 1. The summed E-state index contributed by atoms with van der Waals surface area (Å²) in [6.07, 6.45) is 1.52. The predicted molar refractivity (Wildman–Crippen MR) is 60.7 cm³/mol. The van der Waals surface area contributed by atoms with Crippen LogP contribution in [0.3, 0.4) is 0 Å². The Labute approximate surface area is 93.7 Å². The Hall–Kier alpha value is -2.16. The van der Waals surface area contributed by atoms with Gasteiger partial charge in [-0.15, -0.1) is 0 Å². The van der Waals surface area contributed by atoms with Gasteiger partial charge in [-0.25, -0.2) is 4.98 Å². The molecule has 1 heterocycles. The molecule has 0 radical (unpaired) electrons. The van der Waals surface area contributed by atoms with Crippen LogP contribution < -0.4 is 4.74 Å². The van der Waals surface area contributed by atoms with E-state index in [0.29, 0.717) is 17.0 Å². The lowest BCUT2D eigenvalue weighted by molar-refractivity contribution is 0.103. The van der Waals surface area contributed by atoms with E-state index in [0.717, 1.165) is 0 Å². The summed E-state index contributed by atoms with van der Waals surface area (Å²) in [6, 6.07) is 12.5. The third-order valence-corrected chi connectivity index (χ3v) is 2.24. The number of ether oxygens (including phenoxy) is 1. The Morgan fingerprint density at radius 1 is 1.06 bits per heavy atom. The monoisotopic (exact) mass is 213 g/mol. The van der Waals surface area contributed by atoms with E-state index < -0.39 is 0 Å². The van der Waals surface area contributed by atoms with Crippen molar-refractivity contribution in [2.45, 2.75) is 0 Å². The fourth-order valence-corrected chi connectivity index (χ4v) is 1.39. The van der Waals surface area contributed by atoms with Gasteiger partial charge >= 0.3 is 0 Å². The summed E-state index contributed by atoms with van der Waals surface area (Å²) in [5, 5.41) is 0. The van der Waals surface area contributed by atoms with Gasteiger partial charge in [0.1, 0.15) is 0 Å². The van der Waals surface area contributed by atoms with Crippen molar-refractivity contribution in [3.63, 3.8) is 0 Å². The molecule has 1 aromatic carbocycles. The molecule has 80 valence electrons. The third kappa shape index (κ3) is 2.08. The van der Waals surface area contributed by atoms with Crippen LogP contribution in [0.1, 0.15) is 15.9 Å². The van der Waals surface area contributed by atoms with Crippen molar-refractivity contribution >= 4 is 5.78 Å². The molecule has 0 saturated heterocycles. The smallest absolute Gasteiger partial charge is 0.212 e. The van der Waals surface area contributed by atoms with Gasteiger partial charge in [-0.1, -0.05) is 30.3 Å². The van der Waals surface area contributed by atoms with E-state index in [2.05, 4.69) is 4.98 Å². The molecule has 2 rings (SSSR count). The van der Waals surface area contributed by atoms with Gasteiger partial charge in [0.15, 0.2) is 5.78 Å². The highest BCUT2D eigenvalue weighted by atomic mass is 16.5. The molecule has 0 fully saturated rings. The zero-order valence-electron chi connectivity index (χ0n) is 8.88. The third-order valence-electron chi connectivity index (χ3n) is 2.24. The molecule has 0 aliphatic carbocycles. The summed E-state index contributed by atoms with van der Waals surface area (Å²) in [5.41, 5.74) is 1.22. The number of hydrogen-bond acceptors (Lipinski definition) is 3. The average Bonchev–Trinajstić information content (AvgIpc) is 2.39. The zero-order chi connectivity index (χ0) is 11.4. The largest absolute Gasteiger partial charge is 0.481 e. The van der Waals surface area contributed by atoms with E-state index in [1.807, 2.05) is 18.2 Å². The Kier molecular flexibility index (Phi) is 2.96. The summed E-state index contributed by atoms with van der Waals surface area (Å²) in [5.74, 6) is 0.473. The van der Waals surface area contributed by atoms with Gasteiger partial charge in [0.2, 0.25) is 5.88 Å².